The van der Waals surface area contributed by atoms with Crippen LogP contribution in [0.15, 0.2) is 92.3 Å². The molecule has 0 atom stereocenters. The molecule has 230 valence electrons. The van der Waals surface area contributed by atoms with Gasteiger partial charge in [-0.25, -0.2) is 8.42 Å². The van der Waals surface area contributed by atoms with Crippen LogP contribution in [0.1, 0.15) is 52.0 Å². The normalized spacial score (nSPS) is 14.0. The molecule has 0 radical (unpaired) electrons. The number of hydrogen-bond acceptors (Lipinski definition) is 7. The highest BCUT2D eigenvalue weighted by Crippen LogP contribution is 2.31. The number of benzene rings is 3. The van der Waals surface area contributed by atoms with Crippen molar-refractivity contribution in [2.24, 2.45) is 4.99 Å². The van der Waals surface area contributed by atoms with Crippen LogP contribution in [0.25, 0.3) is 17.1 Å². The Morgan fingerprint density at radius 1 is 0.977 bits per heavy atom. The fourth-order valence-corrected chi connectivity index (χ4v) is 6.88. The maximum atomic E-state index is 13.0. The topological polar surface area (TPSA) is 118 Å². The molecule has 0 aliphatic carbocycles. The molecule has 4 aromatic rings. The molecule has 44 heavy (non-hydrogen) atoms. The van der Waals surface area contributed by atoms with Crippen molar-refractivity contribution in [3.05, 3.63) is 82.8 Å². The number of carbonyl (C=O) groups is 1. The number of carbonyl (C=O) groups excluding carboxylic acids is 1. The molecule has 3 aromatic carbocycles. The standard InChI is InChI=1S/C32H35BrN6O3S2/c1-32(2,3)23-13-11-22(12-14-23)30-36-37-31(39(30)26-17-15-24(33)16-18-26)43-21-29(40)35-25-8-7-9-27(20-25)44(41,42)38-28-10-5-4-6-19-34-28/h7-9,11-18,20H,4-6,10,19,21H2,1-3H3,(H,34,38)(H,35,40). The number of nitrogens with zero attached hydrogens (tertiary/aromatic N) is 4. The van der Waals surface area contributed by atoms with Gasteiger partial charge in [-0.2, -0.15) is 0 Å². The number of thioether (sulfide) groups is 1. The summed E-state index contributed by atoms with van der Waals surface area (Å²) in [5.41, 5.74) is 3.39. The molecule has 2 N–H and O–H groups in total. The molecule has 12 heteroatoms. The van der Waals surface area contributed by atoms with E-state index in [1.165, 1.54) is 29.5 Å². The van der Waals surface area contributed by atoms with Crippen LogP contribution in [-0.4, -0.2) is 47.2 Å². The Kier molecular flexibility index (Phi) is 9.91. The molecule has 1 aromatic heterocycles. The van der Waals surface area contributed by atoms with Crippen LogP contribution in [0, 0.1) is 0 Å². The Balaban J connectivity index is 1.32. The monoisotopic (exact) mass is 694 g/mol. The van der Waals surface area contributed by atoms with Crippen LogP contribution < -0.4 is 10.0 Å². The molecule has 1 aliphatic rings. The maximum Gasteiger partial charge on any atom is 0.262 e. The molecule has 0 fully saturated rings. The summed E-state index contributed by atoms with van der Waals surface area (Å²) in [5, 5.41) is 12.3. The predicted octanol–water partition coefficient (Wildman–Crippen LogP) is 6.98. The van der Waals surface area contributed by atoms with Crippen LogP contribution in [0.3, 0.4) is 0 Å². The summed E-state index contributed by atoms with van der Waals surface area (Å²) in [6.45, 7) is 7.14. The largest absolute Gasteiger partial charge is 0.325 e. The van der Waals surface area contributed by atoms with Crippen molar-refractivity contribution in [1.82, 2.24) is 19.5 Å². The first-order chi connectivity index (χ1) is 21.0. The van der Waals surface area contributed by atoms with E-state index in [4.69, 9.17) is 0 Å². The molecule has 0 unspecified atom stereocenters. The zero-order valence-electron chi connectivity index (χ0n) is 24.9. The molecule has 1 amide bonds. The average Bonchev–Trinajstić information content (AvgIpc) is 3.25. The van der Waals surface area contributed by atoms with Gasteiger partial charge in [-0.05, 0) is 66.3 Å². The van der Waals surface area contributed by atoms with Crippen molar-refractivity contribution in [3.8, 4) is 17.1 Å². The summed E-state index contributed by atoms with van der Waals surface area (Å²) in [4.78, 5) is 17.4. The Hall–Kier alpha value is -3.48. The number of halogens is 1. The Bertz CT molecular complexity index is 1760. The lowest BCUT2D eigenvalue weighted by Crippen LogP contribution is -2.30. The van der Waals surface area contributed by atoms with E-state index < -0.39 is 10.0 Å². The van der Waals surface area contributed by atoms with Gasteiger partial charge in [-0.1, -0.05) is 85.2 Å². The minimum atomic E-state index is -3.83. The number of aromatic nitrogens is 3. The molecule has 0 spiro atoms. The van der Waals surface area contributed by atoms with Crippen LogP contribution in [0.4, 0.5) is 5.69 Å². The van der Waals surface area contributed by atoms with E-state index in [0.29, 0.717) is 35.5 Å². The minimum Gasteiger partial charge on any atom is -0.325 e. The van der Waals surface area contributed by atoms with Crippen LogP contribution >= 0.6 is 27.7 Å². The van der Waals surface area contributed by atoms with E-state index in [-0.39, 0.29) is 22.0 Å². The van der Waals surface area contributed by atoms with Crippen molar-refractivity contribution in [2.45, 2.75) is 61.9 Å². The molecule has 0 bridgehead atoms. The van der Waals surface area contributed by atoms with Gasteiger partial charge in [0.1, 0.15) is 5.84 Å². The molecule has 2 heterocycles. The number of anilines is 1. The maximum absolute atomic E-state index is 13.0. The van der Waals surface area contributed by atoms with Crippen molar-refractivity contribution in [1.29, 1.82) is 0 Å². The van der Waals surface area contributed by atoms with Crippen molar-refractivity contribution in [2.75, 3.05) is 17.6 Å². The summed E-state index contributed by atoms with van der Waals surface area (Å²) < 4.78 is 31.5. The number of amides is 1. The number of rotatable bonds is 8. The fraction of sp³-hybridized carbons (Fsp3) is 0.312. The summed E-state index contributed by atoms with van der Waals surface area (Å²) >= 11 is 4.75. The van der Waals surface area contributed by atoms with Gasteiger partial charge >= 0.3 is 0 Å². The van der Waals surface area contributed by atoms with Gasteiger partial charge in [0.2, 0.25) is 5.91 Å². The van der Waals surface area contributed by atoms with Crippen molar-refractivity contribution < 1.29 is 13.2 Å². The van der Waals surface area contributed by atoms with Gasteiger partial charge in [0.15, 0.2) is 11.0 Å². The average molecular weight is 696 g/mol. The minimum absolute atomic E-state index is 0.0239. The molecule has 5 rings (SSSR count). The summed E-state index contributed by atoms with van der Waals surface area (Å²) in [5.74, 6) is 0.892. The fourth-order valence-electron chi connectivity index (χ4n) is 4.73. The number of nitrogens with one attached hydrogen (secondary N) is 2. The van der Waals surface area contributed by atoms with Gasteiger partial charge < -0.3 is 5.32 Å². The quantitative estimate of drug-likeness (QED) is 0.192. The summed E-state index contributed by atoms with van der Waals surface area (Å²) in [6, 6.07) is 22.3. The first-order valence-electron chi connectivity index (χ1n) is 14.4. The van der Waals surface area contributed by atoms with Gasteiger partial charge in [0, 0.05) is 34.4 Å². The highest BCUT2D eigenvalue weighted by Gasteiger charge is 2.21. The second-order valence-corrected chi connectivity index (χ2v) is 15.1. The molecule has 0 saturated carbocycles. The van der Waals surface area contributed by atoms with Crippen LogP contribution in [0.2, 0.25) is 0 Å². The second-order valence-electron chi connectivity index (χ2n) is 11.6. The number of amidine groups is 1. The van der Waals surface area contributed by atoms with Crippen LogP contribution in [0.5, 0.6) is 0 Å². The molecular weight excluding hydrogens is 660 g/mol. The second kappa shape index (κ2) is 13.7. The Labute approximate surface area is 271 Å². The molecular formula is C32H35BrN6O3S2. The molecule has 9 nitrogen and oxygen atoms in total. The highest BCUT2D eigenvalue weighted by molar-refractivity contribution is 9.10. The van der Waals surface area contributed by atoms with E-state index in [2.05, 4.69) is 74.1 Å². The molecule has 0 saturated heterocycles. The Morgan fingerprint density at radius 2 is 1.73 bits per heavy atom. The van der Waals surface area contributed by atoms with E-state index in [0.717, 1.165) is 35.0 Å². The number of hydrogen-bond donors (Lipinski definition) is 2. The third kappa shape index (κ3) is 7.96. The highest BCUT2D eigenvalue weighted by atomic mass is 79.9. The first kappa shape index (κ1) is 31.9. The van der Waals surface area contributed by atoms with E-state index in [1.54, 1.807) is 12.1 Å². The third-order valence-corrected chi connectivity index (χ3v) is 9.95. The van der Waals surface area contributed by atoms with Crippen molar-refractivity contribution in [3.63, 3.8) is 0 Å². The molecule has 1 aliphatic heterocycles. The van der Waals surface area contributed by atoms with Gasteiger partial charge in [0.25, 0.3) is 10.0 Å². The lowest BCUT2D eigenvalue weighted by Gasteiger charge is -2.19. The van der Waals surface area contributed by atoms with Crippen LogP contribution in [-0.2, 0) is 20.2 Å². The summed E-state index contributed by atoms with van der Waals surface area (Å²) in [6.07, 6.45) is 3.48. The van der Waals surface area contributed by atoms with Gasteiger partial charge in [-0.15, -0.1) is 10.2 Å². The summed E-state index contributed by atoms with van der Waals surface area (Å²) in [7, 11) is -3.83. The first-order valence-corrected chi connectivity index (χ1v) is 17.7. The van der Waals surface area contributed by atoms with E-state index >= 15 is 0 Å². The van der Waals surface area contributed by atoms with E-state index in [9.17, 15) is 13.2 Å². The van der Waals surface area contributed by atoms with Gasteiger partial charge in [0.05, 0.1) is 10.6 Å². The zero-order chi connectivity index (χ0) is 31.3. The number of aliphatic imine (C=N–C) groups is 1. The lowest BCUT2D eigenvalue weighted by atomic mass is 9.87. The van der Waals surface area contributed by atoms with Crippen molar-refractivity contribution >= 4 is 55.1 Å². The van der Waals surface area contributed by atoms with E-state index in [1.807, 2.05) is 41.0 Å². The zero-order valence-corrected chi connectivity index (χ0v) is 28.1. The third-order valence-electron chi connectivity index (χ3n) is 7.11. The van der Waals surface area contributed by atoms with Gasteiger partial charge in [-0.3, -0.25) is 19.1 Å². The number of sulfonamides is 1. The smallest absolute Gasteiger partial charge is 0.262 e. The SMILES string of the molecule is CC(C)(C)c1ccc(-c2nnc(SCC(=O)Nc3cccc(S(=O)(=O)NC4=NCCCCC4)c3)n2-c2ccc(Br)cc2)cc1. The Morgan fingerprint density at radius 3 is 2.45 bits per heavy atom. The lowest BCUT2D eigenvalue weighted by molar-refractivity contribution is -0.113. The predicted molar refractivity (Wildman–Crippen MR) is 180 cm³/mol.